The van der Waals surface area contributed by atoms with Crippen LogP contribution in [0.5, 0.6) is 0 Å². The second kappa shape index (κ2) is 4.19. The molecule has 6 heteroatoms. The predicted molar refractivity (Wildman–Crippen MR) is 71.0 cm³/mol. The highest BCUT2D eigenvalue weighted by Crippen LogP contribution is 2.30. The number of nitrogens with one attached hydrogen (secondary N) is 1. The van der Waals surface area contributed by atoms with Gasteiger partial charge in [-0.1, -0.05) is 23.7 Å². The minimum atomic E-state index is 0.524. The zero-order valence-corrected chi connectivity index (χ0v) is 9.98. The third kappa shape index (κ3) is 1.74. The molecule has 1 heterocycles. The summed E-state index contributed by atoms with van der Waals surface area (Å²) in [6, 6.07) is 11.0. The Morgan fingerprint density at radius 3 is 2.61 bits per heavy atom. The number of hydrogen-bond acceptors (Lipinski definition) is 5. The Morgan fingerprint density at radius 1 is 1.00 bits per heavy atom. The smallest absolute Gasteiger partial charge is 0.160 e. The first-order chi connectivity index (χ1) is 8.75. The van der Waals surface area contributed by atoms with Crippen molar-refractivity contribution in [3.8, 4) is 0 Å². The van der Waals surface area contributed by atoms with Gasteiger partial charge in [0.05, 0.1) is 22.1 Å². The SMILES string of the molecule is Nc1ccc(Nc2ccccc2Cl)c2nonc12. The van der Waals surface area contributed by atoms with Crippen LogP contribution in [0.3, 0.4) is 0 Å². The van der Waals surface area contributed by atoms with Gasteiger partial charge in [-0.2, -0.15) is 0 Å². The average molecular weight is 261 g/mol. The van der Waals surface area contributed by atoms with E-state index in [0.717, 1.165) is 11.4 Å². The van der Waals surface area contributed by atoms with Crippen LogP contribution in [0, 0.1) is 0 Å². The first kappa shape index (κ1) is 10.9. The van der Waals surface area contributed by atoms with E-state index in [9.17, 15) is 0 Å². The van der Waals surface area contributed by atoms with Gasteiger partial charge in [0, 0.05) is 0 Å². The highest BCUT2D eigenvalue weighted by atomic mass is 35.5. The van der Waals surface area contributed by atoms with Crippen molar-refractivity contribution in [1.29, 1.82) is 0 Å². The maximum atomic E-state index is 6.08. The number of aromatic nitrogens is 2. The second-order valence-electron chi connectivity index (χ2n) is 3.77. The summed E-state index contributed by atoms with van der Waals surface area (Å²) in [5.74, 6) is 0. The molecule has 3 rings (SSSR count). The van der Waals surface area contributed by atoms with Gasteiger partial charge in [-0.05, 0) is 34.6 Å². The van der Waals surface area contributed by atoms with E-state index in [1.807, 2.05) is 24.3 Å². The number of fused-ring (bicyclic) bond motifs is 1. The number of para-hydroxylation sites is 1. The number of halogens is 1. The van der Waals surface area contributed by atoms with E-state index in [2.05, 4.69) is 15.6 Å². The molecular formula is C12H9ClN4O. The van der Waals surface area contributed by atoms with Crippen molar-refractivity contribution in [2.45, 2.75) is 0 Å². The summed E-state index contributed by atoms with van der Waals surface area (Å²) in [6.45, 7) is 0. The fourth-order valence-electron chi connectivity index (χ4n) is 1.69. The molecule has 3 aromatic rings. The number of nitrogens with two attached hydrogens (primary N) is 1. The summed E-state index contributed by atoms with van der Waals surface area (Å²) in [4.78, 5) is 0. The standard InChI is InChI=1S/C12H9ClN4O/c13-7-3-1-2-4-9(7)15-10-6-5-8(14)11-12(10)17-18-16-11/h1-6,15H,14H2. The summed E-state index contributed by atoms with van der Waals surface area (Å²) in [5, 5.41) is 11.4. The maximum Gasteiger partial charge on any atom is 0.160 e. The van der Waals surface area contributed by atoms with Crippen LogP contribution >= 0.6 is 11.6 Å². The zero-order valence-electron chi connectivity index (χ0n) is 9.22. The summed E-state index contributed by atoms with van der Waals surface area (Å²) in [7, 11) is 0. The quantitative estimate of drug-likeness (QED) is 0.692. The van der Waals surface area contributed by atoms with Crippen LogP contribution in [0.4, 0.5) is 17.1 Å². The number of anilines is 3. The first-order valence-electron chi connectivity index (χ1n) is 5.28. The molecule has 0 aliphatic heterocycles. The maximum absolute atomic E-state index is 6.08. The minimum absolute atomic E-state index is 0.524. The van der Waals surface area contributed by atoms with Crippen LogP contribution < -0.4 is 11.1 Å². The van der Waals surface area contributed by atoms with Crippen LogP contribution in [0.1, 0.15) is 0 Å². The van der Waals surface area contributed by atoms with Gasteiger partial charge < -0.3 is 11.1 Å². The number of hydrogen-bond donors (Lipinski definition) is 2. The van der Waals surface area contributed by atoms with Crippen LogP contribution in [0.25, 0.3) is 11.0 Å². The molecule has 0 atom stereocenters. The van der Waals surface area contributed by atoms with Crippen molar-refractivity contribution < 1.29 is 4.63 Å². The molecular weight excluding hydrogens is 252 g/mol. The molecule has 0 aliphatic rings. The Hall–Kier alpha value is -2.27. The van der Waals surface area contributed by atoms with Crippen LogP contribution in [-0.4, -0.2) is 10.3 Å². The third-order valence-electron chi connectivity index (χ3n) is 2.59. The van der Waals surface area contributed by atoms with Crippen molar-refractivity contribution in [3.05, 3.63) is 41.4 Å². The van der Waals surface area contributed by atoms with E-state index < -0.39 is 0 Å². The zero-order chi connectivity index (χ0) is 12.5. The second-order valence-corrected chi connectivity index (χ2v) is 4.18. The first-order valence-corrected chi connectivity index (χ1v) is 5.66. The lowest BCUT2D eigenvalue weighted by molar-refractivity contribution is 0.316. The normalized spacial score (nSPS) is 10.7. The van der Waals surface area contributed by atoms with Gasteiger partial charge in [0.25, 0.3) is 0 Å². The van der Waals surface area contributed by atoms with Gasteiger partial charge in [0.1, 0.15) is 0 Å². The molecule has 0 saturated heterocycles. The summed E-state index contributed by atoms with van der Waals surface area (Å²) in [6.07, 6.45) is 0. The molecule has 0 radical (unpaired) electrons. The van der Waals surface area contributed by atoms with Gasteiger partial charge in [-0.25, -0.2) is 4.63 Å². The lowest BCUT2D eigenvalue weighted by Crippen LogP contribution is -1.94. The Balaban J connectivity index is 2.08. The molecule has 3 N–H and O–H groups in total. The van der Waals surface area contributed by atoms with Gasteiger partial charge >= 0.3 is 0 Å². The van der Waals surface area contributed by atoms with Crippen LogP contribution in [0.15, 0.2) is 41.0 Å². The van der Waals surface area contributed by atoms with Crippen molar-refractivity contribution >= 4 is 39.7 Å². The Morgan fingerprint density at radius 2 is 1.78 bits per heavy atom. The van der Waals surface area contributed by atoms with E-state index in [0.29, 0.717) is 21.7 Å². The molecule has 5 nitrogen and oxygen atoms in total. The third-order valence-corrected chi connectivity index (χ3v) is 2.92. The monoisotopic (exact) mass is 260 g/mol. The van der Waals surface area contributed by atoms with Gasteiger partial charge in [-0.3, -0.25) is 0 Å². The van der Waals surface area contributed by atoms with Crippen molar-refractivity contribution in [2.75, 3.05) is 11.1 Å². The highest BCUT2D eigenvalue weighted by molar-refractivity contribution is 6.33. The lowest BCUT2D eigenvalue weighted by atomic mass is 10.2. The van der Waals surface area contributed by atoms with E-state index in [1.54, 1.807) is 12.1 Å². The molecule has 18 heavy (non-hydrogen) atoms. The average Bonchev–Trinajstić information content (AvgIpc) is 2.85. The van der Waals surface area contributed by atoms with E-state index in [1.165, 1.54) is 0 Å². The largest absolute Gasteiger partial charge is 0.397 e. The van der Waals surface area contributed by atoms with Crippen LogP contribution in [0.2, 0.25) is 5.02 Å². The fourth-order valence-corrected chi connectivity index (χ4v) is 1.88. The molecule has 0 aliphatic carbocycles. The van der Waals surface area contributed by atoms with Crippen molar-refractivity contribution in [2.24, 2.45) is 0 Å². The lowest BCUT2D eigenvalue weighted by Gasteiger charge is -2.08. The summed E-state index contributed by atoms with van der Waals surface area (Å²) < 4.78 is 4.70. The number of benzene rings is 2. The predicted octanol–water partition coefficient (Wildman–Crippen LogP) is 3.20. The molecule has 2 aromatic carbocycles. The molecule has 0 fully saturated rings. The topological polar surface area (TPSA) is 77.0 Å². The molecule has 90 valence electrons. The van der Waals surface area contributed by atoms with Gasteiger partial charge in [0.2, 0.25) is 0 Å². The van der Waals surface area contributed by atoms with E-state index in [-0.39, 0.29) is 0 Å². The summed E-state index contributed by atoms with van der Waals surface area (Å²) >= 11 is 6.08. The van der Waals surface area contributed by atoms with Gasteiger partial charge in [0.15, 0.2) is 11.0 Å². The number of rotatable bonds is 2. The molecule has 0 spiro atoms. The van der Waals surface area contributed by atoms with E-state index in [4.69, 9.17) is 22.0 Å². The van der Waals surface area contributed by atoms with Crippen molar-refractivity contribution in [3.63, 3.8) is 0 Å². The Labute approximate surface area is 107 Å². The Bertz CT molecular complexity index is 710. The van der Waals surface area contributed by atoms with Crippen molar-refractivity contribution in [1.82, 2.24) is 10.3 Å². The molecule has 0 bridgehead atoms. The van der Waals surface area contributed by atoms with Crippen LogP contribution in [-0.2, 0) is 0 Å². The summed E-state index contributed by atoms with van der Waals surface area (Å²) in [5.41, 5.74) is 8.94. The van der Waals surface area contributed by atoms with E-state index >= 15 is 0 Å². The minimum Gasteiger partial charge on any atom is -0.397 e. The molecule has 0 amide bonds. The highest BCUT2D eigenvalue weighted by Gasteiger charge is 2.10. The molecule has 1 aromatic heterocycles. The Kier molecular flexibility index (Phi) is 2.53. The number of nitrogen functional groups attached to an aromatic ring is 1. The number of nitrogens with zero attached hydrogens (tertiary/aromatic N) is 2. The fraction of sp³-hybridized carbons (Fsp3) is 0. The molecule has 0 saturated carbocycles. The van der Waals surface area contributed by atoms with Gasteiger partial charge in [-0.15, -0.1) is 0 Å². The molecule has 0 unspecified atom stereocenters.